The highest BCUT2D eigenvalue weighted by Gasteiger charge is 2.23. The van der Waals surface area contributed by atoms with Gasteiger partial charge in [0, 0.05) is 12.1 Å². The van der Waals surface area contributed by atoms with Crippen molar-refractivity contribution < 1.29 is 8.42 Å². The quantitative estimate of drug-likeness (QED) is 0.894. The third kappa shape index (κ3) is 3.87. The van der Waals surface area contributed by atoms with Gasteiger partial charge in [-0.25, -0.2) is 13.1 Å². The lowest BCUT2D eigenvalue weighted by molar-refractivity contribution is 0.498. The molecule has 0 saturated carbocycles. The molecule has 4 nitrogen and oxygen atoms in total. The molecule has 0 spiro atoms. The maximum absolute atomic E-state index is 11.8. The van der Waals surface area contributed by atoms with Crippen molar-refractivity contribution >= 4 is 44.6 Å². The topological polar surface area (TPSA) is 72.2 Å². The molecule has 0 radical (unpaired) electrons. The third-order valence-electron chi connectivity index (χ3n) is 1.63. The average molecular weight is 303 g/mol. The van der Waals surface area contributed by atoms with Crippen LogP contribution in [0.3, 0.4) is 0 Å². The molecule has 16 heavy (non-hydrogen) atoms. The van der Waals surface area contributed by atoms with E-state index in [9.17, 15) is 8.42 Å². The lowest BCUT2D eigenvalue weighted by atomic mass is 10.1. The van der Waals surface area contributed by atoms with Crippen LogP contribution in [0.25, 0.3) is 0 Å². The first-order chi connectivity index (χ1) is 7.12. The van der Waals surface area contributed by atoms with E-state index in [-0.39, 0.29) is 15.8 Å². The first-order valence-corrected chi connectivity index (χ1v) is 7.41. The largest absolute Gasteiger partial charge is 0.324 e. The summed E-state index contributed by atoms with van der Waals surface area (Å²) in [5.41, 5.74) is 5.05. The van der Waals surface area contributed by atoms with Gasteiger partial charge in [-0.15, -0.1) is 11.3 Å². The van der Waals surface area contributed by atoms with Crippen LogP contribution in [0.4, 0.5) is 0 Å². The summed E-state index contributed by atoms with van der Waals surface area (Å²) in [5.74, 6) is 0. The smallest absolute Gasteiger partial charge is 0.243 e. The summed E-state index contributed by atoms with van der Waals surface area (Å²) < 4.78 is 26.5. The van der Waals surface area contributed by atoms with Gasteiger partial charge >= 0.3 is 0 Å². The summed E-state index contributed by atoms with van der Waals surface area (Å²) in [4.78, 5) is -0.00610. The molecule has 0 atom stereocenters. The van der Waals surface area contributed by atoms with Gasteiger partial charge in [0.25, 0.3) is 0 Å². The summed E-state index contributed by atoms with van der Waals surface area (Å²) in [5, 5.41) is 0. The zero-order valence-electron chi connectivity index (χ0n) is 8.75. The average Bonchev–Trinajstić information content (AvgIpc) is 2.42. The first-order valence-electron chi connectivity index (χ1n) is 4.35. The van der Waals surface area contributed by atoms with Gasteiger partial charge in [0.15, 0.2) is 0 Å². The van der Waals surface area contributed by atoms with Crippen molar-refractivity contribution in [1.82, 2.24) is 4.72 Å². The zero-order chi connectivity index (χ0) is 12.6. The molecule has 0 saturated heterocycles. The molecule has 0 aliphatic carbocycles. The number of sulfonamides is 1. The van der Waals surface area contributed by atoms with Crippen LogP contribution in [0.2, 0.25) is 8.67 Å². The molecule has 0 aliphatic heterocycles. The van der Waals surface area contributed by atoms with E-state index in [1.807, 2.05) is 0 Å². The molecule has 92 valence electrons. The van der Waals surface area contributed by atoms with Crippen LogP contribution in [-0.4, -0.2) is 20.5 Å². The highest BCUT2D eigenvalue weighted by molar-refractivity contribution is 7.89. The van der Waals surface area contributed by atoms with Crippen LogP contribution >= 0.6 is 34.5 Å². The molecular formula is C8H12Cl2N2O2S2. The van der Waals surface area contributed by atoms with Crippen molar-refractivity contribution in [3.05, 3.63) is 14.7 Å². The number of halogens is 2. The number of nitrogens with one attached hydrogen (secondary N) is 1. The molecule has 0 aliphatic rings. The molecule has 0 unspecified atom stereocenters. The summed E-state index contributed by atoms with van der Waals surface area (Å²) in [6.07, 6.45) is 0. The predicted octanol–water partition coefficient (Wildman–Crippen LogP) is 2.07. The van der Waals surface area contributed by atoms with Crippen LogP contribution in [0, 0.1) is 0 Å². The molecule has 0 fully saturated rings. The van der Waals surface area contributed by atoms with Crippen LogP contribution in [0.15, 0.2) is 11.0 Å². The molecule has 0 amide bonds. The van der Waals surface area contributed by atoms with E-state index in [4.69, 9.17) is 28.9 Å². The molecule has 0 bridgehead atoms. The second-order valence-electron chi connectivity index (χ2n) is 4.00. The van der Waals surface area contributed by atoms with E-state index >= 15 is 0 Å². The Morgan fingerprint density at radius 1 is 1.50 bits per heavy atom. The summed E-state index contributed by atoms with van der Waals surface area (Å²) >= 11 is 12.5. The Labute approximate surface area is 109 Å². The fourth-order valence-corrected chi connectivity index (χ4v) is 4.24. The van der Waals surface area contributed by atoms with Crippen molar-refractivity contribution in [3.63, 3.8) is 0 Å². The standard InChI is InChI=1S/C8H12Cl2N2O2S2/c1-8(2,11)4-12-16(13,14)5-3-6(9)15-7(5)10/h3,12H,4,11H2,1-2H3. The van der Waals surface area contributed by atoms with Crippen LogP contribution in [0.5, 0.6) is 0 Å². The van der Waals surface area contributed by atoms with Crippen molar-refractivity contribution in [2.24, 2.45) is 5.73 Å². The normalized spacial score (nSPS) is 13.1. The van der Waals surface area contributed by atoms with Crippen LogP contribution in [-0.2, 0) is 10.0 Å². The maximum atomic E-state index is 11.8. The number of hydrogen-bond acceptors (Lipinski definition) is 4. The summed E-state index contributed by atoms with van der Waals surface area (Å²) in [6.45, 7) is 3.56. The van der Waals surface area contributed by atoms with E-state index in [0.29, 0.717) is 4.34 Å². The van der Waals surface area contributed by atoms with E-state index < -0.39 is 15.6 Å². The Kier molecular flexibility index (Phi) is 4.26. The minimum atomic E-state index is -3.64. The lowest BCUT2D eigenvalue weighted by Crippen LogP contribution is -2.44. The second-order valence-corrected chi connectivity index (χ2v) is 8.02. The fourth-order valence-electron chi connectivity index (χ4n) is 0.867. The van der Waals surface area contributed by atoms with Gasteiger partial charge in [-0.05, 0) is 19.9 Å². The predicted molar refractivity (Wildman–Crippen MR) is 67.8 cm³/mol. The van der Waals surface area contributed by atoms with E-state index in [1.54, 1.807) is 13.8 Å². The summed E-state index contributed by atoms with van der Waals surface area (Å²) in [7, 11) is -3.64. The van der Waals surface area contributed by atoms with Gasteiger partial charge in [-0.3, -0.25) is 0 Å². The number of rotatable bonds is 4. The molecule has 1 aromatic heterocycles. The molecule has 3 N–H and O–H groups in total. The second kappa shape index (κ2) is 4.80. The molecule has 1 heterocycles. The Morgan fingerprint density at radius 2 is 2.06 bits per heavy atom. The van der Waals surface area contributed by atoms with Crippen LogP contribution in [0.1, 0.15) is 13.8 Å². The van der Waals surface area contributed by atoms with Gasteiger partial charge < -0.3 is 5.73 Å². The monoisotopic (exact) mass is 302 g/mol. The van der Waals surface area contributed by atoms with E-state index in [2.05, 4.69) is 4.72 Å². The van der Waals surface area contributed by atoms with Crippen molar-refractivity contribution in [2.75, 3.05) is 6.54 Å². The van der Waals surface area contributed by atoms with E-state index in [1.165, 1.54) is 6.07 Å². The van der Waals surface area contributed by atoms with Crippen molar-refractivity contribution in [2.45, 2.75) is 24.3 Å². The Morgan fingerprint density at radius 3 is 2.44 bits per heavy atom. The molecule has 8 heteroatoms. The highest BCUT2D eigenvalue weighted by Crippen LogP contribution is 2.34. The summed E-state index contributed by atoms with van der Waals surface area (Å²) in [6, 6.07) is 1.32. The fraction of sp³-hybridized carbons (Fsp3) is 0.500. The third-order valence-corrected chi connectivity index (χ3v) is 4.79. The molecule has 1 rings (SSSR count). The van der Waals surface area contributed by atoms with Crippen molar-refractivity contribution in [3.8, 4) is 0 Å². The highest BCUT2D eigenvalue weighted by atomic mass is 35.5. The maximum Gasteiger partial charge on any atom is 0.243 e. The Balaban J connectivity index is 2.91. The Bertz CT molecular complexity index is 477. The number of nitrogens with two attached hydrogens (primary N) is 1. The number of thiophene rings is 1. The lowest BCUT2D eigenvalue weighted by Gasteiger charge is -2.18. The van der Waals surface area contributed by atoms with Crippen molar-refractivity contribution in [1.29, 1.82) is 0 Å². The molecular weight excluding hydrogens is 291 g/mol. The first kappa shape index (κ1) is 14.2. The Hall–Kier alpha value is 0.150. The van der Waals surface area contributed by atoms with Gasteiger partial charge in [0.05, 0.1) is 4.34 Å². The van der Waals surface area contributed by atoms with Gasteiger partial charge in [-0.2, -0.15) is 0 Å². The van der Waals surface area contributed by atoms with E-state index in [0.717, 1.165) is 11.3 Å². The molecule has 1 aromatic rings. The molecule has 0 aromatic carbocycles. The SMILES string of the molecule is CC(C)(N)CNS(=O)(=O)c1cc(Cl)sc1Cl. The minimum absolute atomic E-state index is 0.00610. The van der Waals surface area contributed by atoms with Gasteiger partial charge in [0.2, 0.25) is 10.0 Å². The number of hydrogen-bond donors (Lipinski definition) is 2. The van der Waals surface area contributed by atoms with Gasteiger partial charge in [0.1, 0.15) is 9.23 Å². The van der Waals surface area contributed by atoms with Gasteiger partial charge in [-0.1, -0.05) is 23.2 Å². The minimum Gasteiger partial charge on any atom is -0.324 e. The zero-order valence-corrected chi connectivity index (χ0v) is 11.9. The van der Waals surface area contributed by atoms with Crippen LogP contribution < -0.4 is 10.5 Å².